The number of aliphatic carboxylic acids is 1. The summed E-state index contributed by atoms with van der Waals surface area (Å²) in [7, 11) is 0. The summed E-state index contributed by atoms with van der Waals surface area (Å²) in [6, 6.07) is 0. The van der Waals surface area contributed by atoms with Crippen LogP contribution in [0.1, 0.15) is 5.76 Å². The molecule has 0 aliphatic rings. The fourth-order valence-electron chi connectivity index (χ4n) is 0.484. The Morgan fingerprint density at radius 3 is 3.00 bits per heavy atom. The Morgan fingerprint density at radius 1 is 1.82 bits per heavy atom. The van der Waals surface area contributed by atoms with Gasteiger partial charge in [-0.25, -0.2) is 9.78 Å². The number of hydrogen-bond donors (Lipinski definition) is 1. The highest BCUT2D eigenvalue weighted by Crippen LogP contribution is 2.06. The minimum absolute atomic E-state index is 0.0740. The predicted molar refractivity (Wildman–Crippen MR) is 33.2 cm³/mol. The van der Waals surface area contributed by atoms with Crippen molar-refractivity contribution in [2.24, 2.45) is 0 Å². The Balaban J connectivity index is 2.82. The molecule has 0 atom stereocenters. The highest BCUT2D eigenvalue weighted by Gasteiger charge is 2.05. The number of oxazole rings is 1. The molecule has 11 heavy (non-hydrogen) atoms. The van der Waals surface area contributed by atoms with Crippen molar-refractivity contribution in [2.75, 3.05) is 0 Å². The molecule has 1 rings (SSSR count). The number of hydrogen-bond acceptors (Lipinski definition) is 3. The van der Waals surface area contributed by atoms with Gasteiger partial charge >= 0.3 is 5.97 Å². The molecule has 0 unspecified atom stereocenters. The van der Waals surface area contributed by atoms with E-state index in [4.69, 9.17) is 5.11 Å². The van der Waals surface area contributed by atoms with Crippen molar-refractivity contribution in [1.29, 1.82) is 0 Å². The molecule has 4 nitrogen and oxygen atoms in total. The van der Waals surface area contributed by atoms with Crippen molar-refractivity contribution in [3.8, 4) is 0 Å². The first-order valence-electron chi connectivity index (χ1n) is 2.69. The van der Waals surface area contributed by atoms with Crippen LogP contribution in [0.2, 0.25) is 0 Å². The summed E-state index contributed by atoms with van der Waals surface area (Å²) in [6.45, 7) is 0. The first kappa shape index (κ1) is 7.46. The van der Waals surface area contributed by atoms with Gasteiger partial charge in [0.05, 0.1) is 6.20 Å². The molecule has 1 aromatic rings. The SMILES string of the molecule is O=C(O)/C(F)=C/c1cnco1. The molecule has 0 saturated carbocycles. The molecule has 0 saturated heterocycles. The summed E-state index contributed by atoms with van der Waals surface area (Å²) in [5.41, 5.74) is 0. The van der Waals surface area contributed by atoms with E-state index < -0.39 is 11.8 Å². The summed E-state index contributed by atoms with van der Waals surface area (Å²) in [5, 5.41) is 8.08. The van der Waals surface area contributed by atoms with Gasteiger partial charge in [-0.3, -0.25) is 0 Å². The maximum Gasteiger partial charge on any atom is 0.364 e. The molecule has 1 N–H and O–H groups in total. The molecule has 0 amide bonds. The fraction of sp³-hybridized carbons (Fsp3) is 0. The van der Waals surface area contributed by atoms with Crippen molar-refractivity contribution in [2.45, 2.75) is 0 Å². The lowest BCUT2D eigenvalue weighted by molar-refractivity contribution is -0.134. The Hall–Kier alpha value is -1.65. The highest BCUT2D eigenvalue weighted by atomic mass is 19.1. The third kappa shape index (κ3) is 1.89. The van der Waals surface area contributed by atoms with Crippen LogP contribution in [0.3, 0.4) is 0 Å². The van der Waals surface area contributed by atoms with Gasteiger partial charge in [0.15, 0.2) is 6.39 Å². The molecule has 0 aliphatic heterocycles. The van der Waals surface area contributed by atoms with Gasteiger partial charge in [0, 0.05) is 6.08 Å². The van der Waals surface area contributed by atoms with Gasteiger partial charge in [0.25, 0.3) is 0 Å². The maximum atomic E-state index is 12.3. The molecule has 0 bridgehead atoms. The Labute approximate surface area is 61.0 Å². The predicted octanol–water partition coefficient (Wildman–Crippen LogP) is 1.07. The number of aromatic nitrogens is 1. The van der Waals surface area contributed by atoms with Gasteiger partial charge in [-0.15, -0.1) is 0 Å². The summed E-state index contributed by atoms with van der Waals surface area (Å²) in [5.74, 6) is -2.83. The third-order valence-corrected chi connectivity index (χ3v) is 0.925. The van der Waals surface area contributed by atoms with Crippen LogP contribution < -0.4 is 0 Å². The van der Waals surface area contributed by atoms with Gasteiger partial charge in [0.2, 0.25) is 5.83 Å². The molecule has 0 fully saturated rings. The van der Waals surface area contributed by atoms with E-state index in [1.807, 2.05) is 0 Å². The average Bonchev–Trinajstić information content (AvgIpc) is 2.39. The van der Waals surface area contributed by atoms with Gasteiger partial charge in [-0.05, 0) is 0 Å². The first-order valence-corrected chi connectivity index (χ1v) is 2.69. The lowest BCUT2D eigenvalue weighted by atomic mass is 10.4. The summed E-state index contributed by atoms with van der Waals surface area (Å²) >= 11 is 0. The molecular weight excluding hydrogens is 153 g/mol. The van der Waals surface area contributed by atoms with Crippen LogP contribution in [0.25, 0.3) is 6.08 Å². The quantitative estimate of drug-likeness (QED) is 0.652. The topological polar surface area (TPSA) is 63.3 Å². The van der Waals surface area contributed by atoms with Crippen molar-refractivity contribution >= 4 is 12.0 Å². The van der Waals surface area contributed by atoms with E-state index >= 15 is 0 Å². The zero-order valence-corrected chi connectivity index (χ0v) is 5.32. The van der Waals surface area contributed by atoms with Crippen LogP contribution in [-0.2, 0) is 4.79 Å². The van der Waals surface area contributed by atoms with Gasteiger partial charge in [0.1, 0.15) is 5.76 Å². The normalized spacial score (nSPS) is 11.5. The molecule has 0 aromatic carbocycles. The fourth-order valence-corrected chi connectivity index (χ4v) is 0.484. The van der Waals surface area contributed by atoms with Crippen LogP contribution in [-0.4, -0.2) is 16.1 Å². The maximum absolute atomic E-state index is 12.3. The molecule has 1 aromatic heterocycles. The van der Waals surface area contributed by atoms with Gasteiger partial charge in [-0.2, -0.15) is 4.39 Å². The van der Waals surface area contributed by atoms with E-state index in [-0.39, 0.29) is 5.76 Å². The average molecular weight is 157 g/mol. The molecule has 0 aliphatic carbocycles. The van der Waals surface area contributed by atoms with Crippen LogP contribution >= 0.6 is 0 Å². The zero-order chi connectivity index (χ0) is 8.27. The van der Waals surface area contributed by atoms with E-state index in [2.05, 4.69) is 9.40 Å². The van der Waals surface area contributed by atoms with Gasteiger partial charge < -0.3 is 9.52 Å². The van der Waals surface area contributed by atoms with Crippen molar-refractivity contribution in [3.05, 3.63) is 24.2 Å². The number of rotatable bonds is 2. The Kier molecular flexibility index (Phi) is 2.00. The molecule has 0 spiro atoms. The van der Waals surface area contributed by atoms with Crippen LogP contribution in [0.4, 0.5) is 4.39 Å². The lowest BCUT2D eigenvalue weighted by Crippen LogP contribution is -1.93. The second-order valence-electron chi connectivity index (χ2n) is 1.70. The van der Waals surface area contributed by atoms with Crippen molar-refractivity contribution in [3.63, 3.8) is 0 Å². The van der Waals surface area contributed by atoms with E-state index in [9.17, 15) is 9.18 Å². The molecule has 0 radical (unpaired) electrons. The van der Waals surface area contributed by atoms with Crippen molar-refractivity contribution in [1.82, 2.24) is 4.98 Å². The number of nitrogens with zero attached hydrogens (tertiary/aromatic N) is 1. The lowest BCUT2D eigenvalue weighted by Gasteiger charge is -1.84. The van der Waals surface area contributed by atoms with Gasteiger partial charge in [-0.1, -0.05) is 0 Å². The van der Waals surface area contributed by atoms with E-state index in [1.165, 1.54) is 6.20 Å². The third-order valence-electron chi connectivity index (χ3n) is 0.925. The van der Waals surface area contributed by atoms with E-state index in [1.54, 1.807) is 0 Å². The number of carboxylic acid groups (broad SMARTS) is 1. The molecule has 58 valence electrons. The molecular formula is C6H4FNO3. The highest BCUT2D eigenvalue weighted by molar-refractivity contribution is 5.88. The van der Waals surface area contributed by atoms with Crippen LogP contribution in [0.15, 0.2) is 22.8 Å². The Bertz CT molecular complexity index is 278. The molecule has 5 heteroatoms. The summed E-state index contributed by atoms with van der Waals surface area (Å²) < 4.78 is 16.8. The molecule has 1 heterocycles. The summed E-state index contributed by atoms with van der Waals surface area (Å²) in [4.78, 5) is 13.4. The smallest absolute Gasteiger partial charge is 0.364 e. The number of carboxylic acids is 1. The second kappa shape index (κ2) is 2.96. The van der Waals surface area contributed by atoms with E-state index in [0.717, 1.165) is 12.5 Å². The Morgan fingerprint density at radius 2 is 2.55 bits per heavy atom. The minimum Gasteiger partial charge on any atom is -0.476 e. The minimum atomic E-state index is -1.62. The van der Waals surface area contributed by atoms with Crippen LogP contribution in [0, 0.1) is 0 Å². The zero-order valence-electron chi connectivity index (χ0n) is 5.32. The number of halogens is 1. The monoisotopic (exact) mass is 157 g/mol. The second-order valence-corrected chi connectivity index (χ2v) is 1.70. The standard InChI is InChI=1S/C6H4FNO3/c7-5(6(9)10)1-4-2-8-3-11-4/h1-3H,(H,9,10)/b5-1-. The van der Waals surface area contributed by atoms with E-state index in [0.29, 0.717) is 0 Å². The van der Waals surface area contributed by atoms with Crippen molar-refractivity contribution < 1.29 is 18.7 Å². The first-order chi connectivity index (χ1) is 5.20. The summed E-state index contributed by atoms with van der Waals surface area (Å²) in [6.07, 6.45) is 3.04. The largest absolute Gasteiger partial charge is 0.476 e. The van der Waals surface area contributed by atoms with Crippen LogP contribution in [0.5, 0.6) is 0 Å². The number of carbonyl (C=O) groups is 1.